The van der Waals surface area contributed by atoms with Crippen LogP contribution < -0.4 is 16.4 Å². The fourth-order valence-corrected chi connectivity index (χ4v) is 3.08. The van der Waals surface area contributed by atoms with E-state index in [1.807, 2.05) is 0 Å². The summed E-state index contributed by atoms with van der Waals surface area (Å²) in [6.45, 7) is 10.1. The first kappa shape index (κ1) is 15.9. The first-order valence-electron chi connectivity index (χ1n) is 7.09. The lowest BCUT2D eigenvalue weighted by atomic mass is 10.0. The number of nitrogens with two attached hydrogens (primary N) is 2. The molecular formula is C15H23ClN4O. The number of primary amides is 1. The molecule has 1 aliphatic heterocycles. The maximum atomic E-state index is 11.7. The monoisotopic (exact) mass is 310 g/mol. The summed E-state index contributed by atoms with van der Waals surface area (Å²) in [4.78, 5) is 16.2. The van der Waals surface area contributed by atoms with Crippen LogP contribution in [0.5, 0.6) is 0 Å². The molecule has 1 aliphatic rings. The van der Waals surface area contributed by atoms with Crippen molar-refractivity contribution in [3.63, 3.8) is 0 Å². The maximum Gasteiger partial charge on any atom is 0.250 e. The number of nitrogens with zero attached hydrogens (tertiary/aromatic N) is 2. The van der Waals surface area contributed by atoms with Crippen molar-refractivity contribution in [3.8, 4) is 0 Å². The van der Waals surface area contributed by atoms with Crippen LogP contribution in [0.3, 0.4) is 0 Å². The highest BCUT2D eigenvalue weighted by molar-refractivity contribution is 6.34. The molecule has 1 fully saturated rings. The van der Waals surface area contributed by atoms with E-state index in [-0.39, 0.29) is 5.54 Å². The molecule has 2 rings (SSSR count). The number of carbonyl (C=O) groups is 1. The number of hydrogen-bond acceptors (Lipinski definition) is 4. The highest BCUT2D eigenvalue weighted by Gasteiger charge is 2.28. The molecular weight excluding hydrogens is 288 g/mol. The number of piperazine rings is 1. The fraction of sp³-hybridized carbons (Fsp3) is 0.533. The molecule has 1 saturated heterocycles. The van der Waals surface area contributed by atoms with E-state index in [1.54, 1.807) is 12.1 Å². The second-order valence-corrected chi connectivity index (χ2v) is 6.82. The van der Waals surface area contributed by atoms with E-state index in [4.69, 9.17) is 23.1 Å². The molecule has 1 amide bonds. The van der Waals surface area contributed by atoms with Gasteiger partial charge in [0, 0.05) is 37.4 Å². The minimum atomic E-state index is -0.502. The van der Waals surface area contributed by atoms with Crippen molar-refractivity contribution in [1.29, 1.82) is 0 Å². The third-order valence-corrected chi connectivity index (χ3v) is 4.18. The van der Waals surface area contributed by atoms with Gasteiger partial charge < -0.3 is 16.4 Å². The minimum Gasteiger partial charge on any atom is -0.399 e. The van der Waals surface area contributed by atoms with Crippen LogP contribution >= 0.6 is 11.6 Å². The summed E-state index contributed by atoms with van der Waals surface area (Å²) < 4.78 is 0. The number of benzene rings is 1. The highest BCUT2D eigenvalue weighted by atomic mass is 35.5. The van der Waals surface area contributed by atoms with Gasteiger partial charge in [0.25, 0.3) is 5.91 Å². The molecule has 0 saturated carbocycles. The van der Waals surface area contributed by atoms with E-state index in [9.17, 15) is 4.79 Å². The molecule has 0 aliphatic carbocycles. The van der Waals surface area contributed by atoms with Gasteiger partial charge in [-0.25, -0.2) is 0 Å². The Morgan fingerprint density at radius 3 is 2.24 bits per heavy atom. The van der Waals surface area contributed by atoms with Gasteiger partial charge in [0.05, 0.1) is 16.3 Å². The smallest absolute Gasteiger partial charge is 0.250 e. The predicted octanol–water partition coefficient (Wildman–Crippen LogP) is 1.94. The molecule has 21 heavy (non-hydrogen) atoms. The molecule has 116 valence electrons. The Labute approximate surface area is 130 Å². The molecule has 0 unspecified atom stereocenters. The molecule has 0 aromatic heterocycles. The van der Waals surface area contributed by atoms with Crippen LogP contribution in [0.15, 0.2) is 12.1 Å². The standard InChI is InChI=1S/C15H23ClN4O/c1-15(2,3)20-6-4-19(5-7-20)13-11(14(18)21)8-10(17)9-12(13)16/h8-9H,4-7,17H2,1-3H3,(H2,18,21). The maximum absolute atomic E-state index is 11.7. The average Bonchev–Trinajstić information content (AvgIpc) is 2.37. The fourth-order valence-electron chi connectivity index (χ4n) is 2.73. The van der Waals surface area contributed by atoms with Crippen LogP contribution in [0, 0.1) is 0 Å². The van der Waals surface area contributed by atoms with Gasteiger partial charge in [-0.15, -0.1) is 0 Å². The molecule has 4 N–H and O–H groups in total. The van der Waals surface area contributed by atoms with Crippen molar-refractivity contribution >= 4 is 28.9 Å². The van der Waals surface area contributed by atoms with Crippen LogP contribution in [0.1, 0.15) is 31.1 Å². The van der Waals surface area contributed by atoms with Crippen molar-refractivity contribution in [1.82, 2.24) is 4.90 Å². The number of amides is 1. The van der Waals surface area contributed by atoms with Gasteiger partial charge in [-0.1, -0.05) is 11.6 Å². The SMILES string of the molecule is CC(C)(C)N1CCN(c2c(Cl)cc(N)cc2C(N)=O)CC1. The quantitative estimate of drug-likeness (QED) is 0.819. The summed E-state index contributed by atoms with van der Waals surface area (Å²) in [5, 5.41) is 0.480. The van der Waals surface area contributed by atoms with Crippen LogP contribution in [0.4, 0.5) is 11.4 Å². The van der Waals surface area contributed by atoms with Crippen molar-refractivity contribution in [3.05, 3.63) is 22.7 Å². The van der Waals surface area contributed by atoms with Crippen molar-refractivity contribution in [2.75, 3.05) is 36.8 Å². The molecule has 0 spiro atoms. The number of nitrogen functional groups attached to an aromatic ring is 1. The van der Waals surface area contributed by atoms with Crippen LogP contribution in [0.25, 0.3) is 0 Å². The van der Waals surface area contributed by atoms with E-state index in [1.165, 1.54) is 0 Å². The largest absolute Gasteiger partial charge is 0.399 e. The molecule has 6 heteroatoms. The summed E-state index contributed by atoms with van der Waals surface area (Å²) in [5.74, 6) is -0.502. The predicted molar refractivity (Wildman–Crippen MR) is 87.9 cm³/mol. The van der Waals surface area contributed by atoms with Gasteiger partial charge in [0.1, 0.15) is 0 Å². The van der Waals surface area contributed by atoms with E-state index < -0.39 is 5.91 Å². The van der Waals surface area contributed by atoms with Crippen LogP contribution in [0.2, 0.25) is 5.02 Å². The summed E-state index contributed by atoms with van der Waals surface area (Å²) in [6, 6.07) is 3.26. The molecule has 1 aromatic carbocycles. The second kappa shape index (κ2) is 5.73. The first-order valence-corrected chi connectivity index (χ1v) is 7.47. The number of rotatable bonds is 2. The molecule has 0 radical (unpaired) electrons. The zero-order chi connectivity index (χ0) is 15.8. The Balaban J connectivity index is 2.26. The zero-order valence-corrected chi connectivity index (χ0v) is 13.6. The molecule has 5 nitrogen and oxygen atoms in total. The Morgan fingerprint density at radius 2 is 1.76 bits per heavy atom. The lowest BCUT2D eigenvalue weighted by molar-refractivity contribution is 0.0999. The van der Waals surface area contributed by atoms with Gasteiger partial charge in [0.2, 0.25) is 0 Å². The number of halogens is 1. The summed E-state index contributed by atoms with van der Waals surface area (Å²) in [6.07, 6.45) is 0. The van der Waals surface area contributed by atoms with E-state index >= 15 is 0 Å². The van der Waals surface area contributed by atoms with Gasteiger partial charge in [0.15, 0.2) is 0 Å². The van der Waals surface area contributed by atoms with Gasteiger partial charge >= 0.3 is 0 Å². The Kier molecular flexibility index (Phi) is 4.35. The normalized spacial score (nSPS) is 17.0. The van der Waals surface area contributed by atoms with Crippen LogP contribution in [-0.2, 0) is 0 Å². The molecule has 0 bridgehead atoms. The van der Waals surface area contributed by atoms with Gasteiger partial charge in [-0.3, -0.25) is 9.69 Å². The highest BCUT2D eigenvalue weighted by Crippen LogP contribution is 2.33. The Bertz CT molecular complexity index is 545. The second-order valence-electron chi connectivity index (χ2n) is 6.41. The molecule has 0 atom stereocenters. The minimum absolute atomic E-state index is 0.142. The van der Waals surface area contributed by atoms with Gasteiger partial charge in [-0.05, 0) is 32.9 Å². The lowest BCUT2D eigenvalue weighted by Gasteiger charge is -2.43. The molecule has 1 heterocycles. The zero-order valence-electron chi connectivity index (χ0n) is 12.8. The lowest BCUT2D eigenvalue weighted by Crippen LogP contribution is -2.53. The van der Waals surface area contributed by atoms with E-state index in [0.717, 1.165) is 26.2 Å². The van der Waals surface area contributed by atoms with Gasteiger partial charge in [-0.2, -0.15) is 0 Å². The number of anilines is 2. The number of carbonyl (C=O) groups excluding carboxylic acids is 1. The third-order valence-electron chi connectivity index (χ3n) is 3.90. The van der Waals surface area contributed by atoms with E-state index in [2.05, 4.69) is 30.6 Å². The van der Waals surface area contributed by atoms with Crippen LogP contribution in [-0.4, -0.2) is 42.5 Å². The average molecular weight is 311 g/mol. The Morgan fingerprint density at radius 1 is 1.19 bits per heavy atom. The summed E-state index contributed by atoms with van der Waals surface area (Å²) in [5.41, 5.74) is 12.9. The van der Waals surface area contributed by atoms with E-state index in [0.29, 0.717) is 22.0 Å². The topological polar surface area (TPSA) is 75.6 Å². The first-order chi connectivity index (χ1) is 9.70. The summed E-state index contributed by atoms with van der Waals surface area (Å²) in [7, 11) is 0. The number of hydrogen-bond donors (Lipinski definition) is 2. The van der Waals surface area contributed by atoms with Crippen molar-refractivity contribution in [2.45, 2.75) is 26.3 Å². The summed E-state index contributed by atoms with van der Waals surface area (Å²) >= 11 is 6.30. The van der Waals surface area contributed by atoms with Crippen molar-refractivity contribution in [2.24, 2.45) is 5.73 Å². The molecule has 1 aromatic rings. The van der Waals surface area contributed by atoms with Crippen molar-refractivity contribution < 1.29 is 4.79 Å². The Hall–Kier alpha value is -1.46. The third kappa shape index (κ3) is 3.41.